The number of ketones is 1. The van der Waals surface area contributed by atoms with Crippen molar-refractivity contribution >= 4 is 11.5 Å². The van der Waals surface area contributed by atoms with Gasteiger partial charge in [0.2, 0.25) is 0 Å². The molecular formula is C24H21NO2. The van der Waals surface area contributed by atoms with Crippen molar-refractivity contribution < 1.29 is 9.90 Å². The Morgan fingerprint density at radius 2 is 1.41 bits per heavy atom. The van der Waals surface area contributed by atoms with Crippen molar-refractivity contribution in [3.8, 4) is 11.1 Å². The molecule has 3 aromatic carbocycles. The Balaban J connectivity index is 1.88. The van der Waals surface area contributed by atoms with E-state index in [4.69, 9.17) is 0 Å². The number of para-hydroxylation sites is 1. The Bertz CT molecular complexity index is 966. The summed E-state index contributed by atoms with van der Waals surface area (Å²) in [7, 11) is 0. The number of hydrogen-bond donors (Lipinski definition) is 1. The number of benzene rings is 3. The van der Waals surface area contributed by atoms with E-state index >= 15 is 0 Å². The molecule has 3 aromatic rings. The summed E-state index contributed by atoms with van der Waals surface area (Å²) in [6.45, 7) is 0.479. The van der Waals surface area contributed by atoms with Crippen LogP contribution in [-0.2, 0) is 10.3 Å². The zero-order valence-electron chi connectivity index (χ0n) is 15.0. The van der Waals surface area contributed by atoms with E-state index in [1.807, 2.05) is 42.5 Å². The highest BCUT2D eigenvalue weighted by molar-refractivity contribution is 5.93. The first kappa shape index (κ1) is 16.3. The smallest absolute Gasteiger partial charge is 0.143 e. The van der Waals surface area contributed by atoms with Gasteiger partial charge in [0.25, 0.3) is 0 Å². The van der Waals surface area contributed by atoms with Gasteiger partial charge in [-0.15, -0.1) is 0 Å². The Labute approximate surface area is 158 Å². The minimum absolute atomic E-state index is 0.135. The number of carbonyl (C=O) groups is 1. The number of Topliss-reactive ketones (excluding diaryl/α,β-unsaturated/α-hetero) is 1. The third-order valence-corrected chi connectivity index (χ3v) is 6.12. The van der Waals surface area contributed by atoms with Gasteiger partial charge in [-0.1, -0.05) is 66.7 Å². The van der Waals surface area contributed by atoms with Gasteiger partial charge in [-0.3, -0.25) is 4.79 Å². The second-order valence-corrected chi connectivity index (χ2v) is 7.30. The van der Waals surface area contributed by atoms with Gasteiger partial charge in [0.15, 0.2) is 0 Å². The highest BCUT2D eigenvalue weighted by atomic mass is 16.3. The largest absolute Gasteiger partial charge is 0.396 e. The molecule has 3 nitrogen and oxygen atoms in total. The SMILES string of the molecule is O=C1CCN(c2ccccc2)C2(c3ccccc3-c3ccccc32)C1CO. The van der Waals surface area contributed by atoms with Crippen molar-refractivity contribution in [1.82, 2.24) is 0 Å². The average Bonchev–Trinajstić information content (AvgIpc) is 3.01. The van der Waals surface area contributed by atoms with Crippen molar-refractivity contribution in [2.24, 2.45) is 5.92 Å². The van der Waals surface area contributed by atoms with E-state index in [0.717, 1.165) is 27.9 Å². The fourth-order valence-electron chi connectivity index (χ4n) is 5.08. The minimum Gasteiger partial charge on any atom is -0.396 e. The molecule has 1 unspecified atom stereocenters. The maximum atomic E-state index is 13.0. The van der Waals surface area contributed by atoms with E-state index in [1.54, 1.807) is 0 Å². The molecule has 1 spiro atoms. The maximum absolute atomic E-state index is 13.0. The van der Waals surface area contributed by atoms with E-state index < -0.39 is 11.5 Å². The van der Waals surface area contributed by atoms with Crippen LogP contribution in [0, 0.1) is 5.92 Å². The topological polar surface area (TPSA) is 40.5 Å². The summed E-state index contributed by atoms with van der Waals surface area (Å²) < 4.78 is 0. The van der Waals surface area contributed by atoms with Crippen molar-refractivity contribution in [1.29, 1.82) is 0 Å². The van der Waals surface area contributed by atoms with Crippen LogP contribution in [0.15, 0.2) is 78.9 Å². The number of rotatable bonds is 2. The van der Waals surface area contributed by atoms with Crippen molar-refractivity contribution in [3.63, 3.8) is 0 Å². The lowest BCUT2D eigenvalue weighted by Gasteiger charge is -2.51. The monoisotopic (exact) mass is 355 g/mol. The molecule has 1 N–H and O–H groups in total. The fraction of sp³-hybridized carbons (Fsp3) is 0.208. The van der Waals surface area contributed by atoms with E-state index in [1.165, 1.54) is 0 Å². The number of piperidine rings is 1. The summed E-state index contributed by atoms with van der Waals surface area (Å²) in [5, 5.41) is 10.4. The Kier molecular flexibility index (Phi) is 3.66. The van der Waals surface area contributed by atoms with Gasteiger partial charge in [-0.2, -0.15) is 0 Å². The summed E-state index contributed by atoms with van der Waals surface area (Å²) in [6.07, 6.45) is 0.451. The predicted octanol–water partition coefficient (Wildman–Crippen LogP) is 4.00. The second kappa shape index (κ2) is 6.07. The molecule has 1 heterocycles. The molecule has 0 saturated carbocycles. The van der Waals surface area contributed by atoms with Crippen LogP contribution < -0.4 is 4.90 Å². The standard InChI is InChI=1S/C24H21NO2/c26-16-22-23(27)14-15-25(17-8-2-1-3-9-17)24(22)20-12-6-4-10-18(20)19-11-5-7-13-21(19)24/h1-13,22,26H,14-16H2. The van der Waals surface area contributed by atoms with Crippen molar-refractivity contribution in [3.05, 3.63) is 90.0 Å². The first-order chi connectivity index (χ1) is 13.3. The van der Waals surface area contributed by atoms with E-state index in [2.05, 4.69) is 41.3 Å². The van der Waals surface area contributed by atoms with Crippen LogP contribution in [0.1, 0.15) is 17.5 Å². The van der Waals surface area contributed by atoms with Crippen LogP contribution in [0.3, 0.4) is 0 Å². The Morgan fingerprint density at radius 3 is 2.00 bits per heavy atom. The molecule has 5 rings (SSSR count). The van der Waals surface area contributed by atoms with Crippen molar-refractivity contribution in [2.75, 3.05) is 18.1 Å². The third-order valence-electron chi connectivity index (χ3n) is 6.12. The number of hydrogen-bond acceptors (Lipinski definition) is 3. The van der Waals surface area contributed by atoms with Crippen LogP contribution in [0.4, 0.5) is 5.69 Å². The molecule has 1 aliphatic heterocycles. The van der Waals surface area contributed by atoms with Crippen LogP contribution in [-0.4, -0.2) is 24.0 Å². The Morgan fingerprint density at radius 1 is 0.852 bits per heavy atom. The molecule has 134 valence electrons. The Hall–Kier alpha value is -2.91. The summed E-state index contributed by atoms with van der Waals surface area (Å²) >= 11 is 0. The van der Waals surface area contributed by atoms with Gasteiger partial charge in [0.1, 0.15) is 11.3 Å². The van der Waals surface area contributed by atoms with Crippen LogP contribution >= 0.6 is 0 Å². The molecule has 0 radical (unpaired) electrons. The maximum Gasteiger partial charge on any atom is 0.143 e. The summed E-state index contributed by atoms with van der Waals surface area (Å²) in [5.41, 5.74) is 4.95. The fourth-order valence-corrected chi connectivity index (χ4v) is 5.08. The van der Waals surface area contributed by atoms with Crippen molar-refractivity contribution in [2.45, 2.75) is 12.0 Å². The van der Waals surface area contributed by atoms with Crippen LogP contribution in [0.5, 0.6) is 0 Å². The molecule has 1 aliphatic carbocycles. The number of nitrogens with zero attached hydrogens (tertiary/aromatic N) is 1. The average molecular weight is 355 g/mol. The number of aliphatic hydroxyl groups excluding tert-OH is 1. The number of carbonyl (C=O) groups excluding carboxylic acids is 1. The first-order valence-electron chi connectivity index (χ1n) is 9.44. The molecule has 0 aromatic heterocycles. The van der Waals surface area contributed by atoms with Gasteiger partial charge in [0.05, 0.1) is 12.5 Å². The van der Waals surface area contributed by atoms with E-state index in [-0.39, 0.29) is 12.4 Å². The number of fused-ring (bicyclic) bond motifs is 5. The zero-order valence-corrected chi connectivity index (χ0v) is 15.0. The summed E-state index contributed by atoms with van der Waals surface area (Å²) in [6, 6.07) is 26.9. The lowest BCUT2D eigenvalue weighted by atomic mass is 9.69. The van der Waals surface area contributed by atoms with Crippen LogP contribution in [0.25, 0.3) is 11.1 Å². The van der Waals surface area contributed by atoms with Gasteiger partial charge in [-0.05, 0) is 34.4 Å². The van der Waals surface area contributed by atoms with Gasteiger partial charge < -0.3 is 10.0 Å². The number of aliphatic hydroxyl groups is 1. The van der Waals surface area contributed by atoms with Gasteiger partial charge in [0, 0.05) is 18.7 Å². The lowest BCUT2D eigenvalue weighted by Crippen LogP contribution is -2.59. The molecule has 27 heavy (non-hydrogen) atoms. The summed E-state index contributed by atoms with van der Waals surface area (Å²) in [4.78, 5) is 15.3. The third kappa shape index (κ3) is 2.09. The summed E-state index contributed by atoms with van der Waals surface area (Å²) in [5.74, 6) is -0.354. The molecule has 3 heteroatoms. The highest BCUT2D eigenvalue weighted by Crippen LogP contribution is 2.57. The van der Waals surface area contributed by atoms with E-state index in [0.29, 0.717) is 13.0 Å². The zero-order chi connectivity index (χ0) is 18.4. The first-order valence-corrected chi connectivity index (χ1v) is 9.44. The quantitative estimate of drug-likeness (QED) is 0.755. The molecular weight excluding hydrogens is 334 g/mol. The van der Waals surface area contributed by atoms with E-state index in [9.17, 15) is 9.90 Å². The molecule has 1 saturated heterocycles. The van der Waals surface area contributed by atoms with Gasteiger partial charge in [-0.25, -0.2) is 0 Å². The molecule has 1 fully saturated rings. The minimum atomic E-state index is -0.668. The normalized spacial score (nSPS) is 19.8. The van der Waals surface area contributed by atoms with Crippen LogP contribution in [0.2, 0.25) is 0 Å². The highest BCUT2D eigenvalue weighted by Gasteiger charge is 2.56. The second-order valence-electron chi connectivity index (χ2n) is 7.30. The number of anilines is 1. The lowest BCUT2D eigenvalue weighted by molar-refractivity contribution is -0.127. The molecule has 0 bridgehead atoms. The predicted molar refractivity (Wildman–Crippen MR) is 107 cm³/mol. The molecule has 2 aliphatic rings. The molecule has 1 atom stereocenters. The molecule has 0 amide bonds. The van der Waals surface area contributed by atoms with Gasteiger partial charge >= 0.3 is 0 Å².